The Balaban J connectivity index is 2.52. The number of phenolic OH excluding ortho intramolecular Hbond substituents is 1. The van der Waals surface area contributed by atoms with Crippen LogP contribution in [-0.2, 0) is 0 Å². The number of benzene rings is 1. The van der Waals surface area contributed by atoms with Crippen molar-refractivity contribution in [1.82, 2.24) is 0 Å². The van der Waals surface area contributed by atoms with E-state index in [4.69, 9.17) is 28.9 Å². The molecule has 2 rings (SSSR count). The average molecular weight is 311 g/mol. The summed E-state index contributed by atoms with van der Waals surface area (Å²) < 4.78 is 0.665. The van der Waals surface area contributed by atoms with Crippen molar-refractivity contribution < 1.29 is 5.11 Å². The second-order valence-corrected chi connectivity index (χ2v) is 5.42. The van der Waals surface area contributed by atoms with E-state index in [2.05, 4.69) is 15.9 Å². The van der Waals surface area contributed by atoms with Crippen LogP contribution >= 0.6 is 39.1 Å². The number of phenols is 1. The first-order valence-corrected chi connectivity index (χ1v) is 6.19. The van der Waals surface area contributed by atoms with Gasteiger partial charge in [-0.1, -0.05) is 23.2 Å². The molecule has 1 unspecified atom stereocenters. The van der Waals surface area contributed by atoms with Crippen molar-refractivity contribution in [2.45, 2.75) is 18.9 Å². The molecule has 1 atom stereocenters. The van der Waals surface area contributed by atoms with E-state index in [1.807, 2.05) is 0 Å². The van der Waals surface area contributed by atoms with Crippen LogP contribution in [0.1, 0.15) is 24.4 Å². The molecule has 0 spiro atoms. The molecule has 15 heavy (non-hydrogen) atoms. The van der Waals surface area contributed by atoms with Gasteiger partial charge >= 0.3 is 0 Å². The number of hydrogen-bond donors (Lipinski definition) is 2. The predicted octanol–water partition coefficient (Wildman–Crippen LogP) is 3.87. The topological polar surface area (TPSA) is 46.2 Å². The highest BCUT2D eigenvalue weighted by molar-refractivity contribution is 9.10. The zero-order chi connectivity index (χ0) is 11.2. The SMILES string of the molecule is NC(c1c(O)c(Cl)cc(Br)c1Cl)C1CC1. The van der Waals surface area contributed by atoms with Crippen LogP contribution in [0, 0.1) is 5.92 Å². The fourth-order valence-electron chi connectivity index (χ4n) is 1.60. The van der Waals surface area contributed by atoms with Crippen LogP contribution in [0.3, 0.4) is 0 Å². The Bertz CT molecular complexity index is 381. The molecule has 1 fully saturated rings. The maximum absolute atomic E-state index is 9.83. The molecule has 82 valence electrons. The van der Waals surface area contributed by atoms with Crippen molar-refractivity contribution in [2.24, 2.45) is 11.7 Å². The van der Waals surface area contributed by atoms with Crippen LogP contribution in [0.15, 0.2) is 10.5 Å². The highest BCUT2D eigenvalue weighted by Crippen LogP contribution is 2.48. The van der Waals surface area contributed by atoms with Crippen molar-refractivity contribution in [1.29, 1.82) is 0 Å². The van der Waals surface area contributed by atoms with Crippen molar-refractivity contribution in [2.75, 3.05) is 0 Å². The number of rotatable bonds is 2. The fourth-order valence-corrected chi connectivity index (χ4v) is 2.65. The summed E-state index contributed by atoms with van der Waals surface area (Å²) in [6, 6.07) is 1.34. The molecule has 0 bridgehead atoms. The highest BCUT2D eigenvalue weighted by atomic mass is 79.9. The molecule has 0 aromatic heterocycles. The lowest BCUT2D eigenvalue weighted by Crippen LogP contribution is -2.13. The van der Waals surface area contributed by atoms with Gasteiger partial charge in [-0.15, -0.1) is 0 Å². The monoisotopic (exact) mass is 309 g/mol. The first-order valence-electron chi connectivity index (χ1n) is 4.64. The van der Waals surface area contributed by atoms with Gasteiger partial charge < -0.3 is 10.8 Å². The van der Waals surface area contributed by atoms with Crippen molar-refractivity contribution >= 4 is 39.1 Å². The smallest absolute Gasteiger partial charge is 0.140 e. The average Bonchev–Trinajstić information content (AvgIpc) is 2.98. The van der Waals surface area contributed by atoms with Crippen LogP contribution in [0.5, 0.6) is 5.75 Å². The minimum atomic E-state index is -0.229. The van der Waals surface area contributed by atoms with Gasteiger partial charge in [0.05, 0.1) is 10.0 Å². The molecule has 1 aliphatic carbocycles. The van der Waals surface area contributed by atoms with E-state index in [9.17, 15) is 5.11 Å². The molecule has 0 saturated heterocycles. The van der Waals surface area contributed by atoms with Gasteiger partial charge in [-0.05, 0) is 40.8 Å². The molecule has 3 N–H and O–H groups in total. The lowest BCUT2D eigenvalue weighted by molar-refractivity contribution is 0.456. The Labute approximate surface area is 106 Å². The minimum absolute atomic E-state index is 0.00395. The zero-order valence-corrected chi connectivity index (χ0v) is 10.9. The van der Waals surface area contributed by atoms with Crippen molar-refractivity contribution in [3.63, 3.8) is 0 Å². The van der Waals surface area contributed by atoms with E-state index in [1.165, 1.54) is 0 Å². The van der Waals surface area contributed by atoms with E-state index < -0.39 is 0 Å². The van der Waals surface area contributed by atoms with Crippen LogP contribution in [0.2, 0.25) is 10.0 Å². The normalized spacial score (nSPS) is 17.9. The van der Waals surface area contributed by atoms with E-state index in [-0.39, 0.29) is 16.8 Å². The van der Waals surface area contributed by atoms with Crippen molar-refractivity contribution in [3.05, 3.63) is 26.1 Å². The molecule has 1 aliphatic rings. The van der Waals surface area contributed by atoms with Crippen LogP contribution in [0.4, 0.5) is 0 Å². The maximum atomic E-state index is 9.83. The number of hydrogen-bond acceptors (Lipinski definition) is 2. The Kier molecular flexibility index (Phi) is 3.17. The Morgan fingerprint density at radius 1 is 1.47 bits per heavy atom. The van der Waals surface area contributed by atoms with E-state index in [0.717, 1.165) is 12.8 Å². The van der Waals surface area contributed by atoms with Gasteiger partial charge in [-0.3, -0.25) is 0 Å². The minimum Gasteiger partial charge on any atom is -0.506 e. The first-order chi connectivity index (χ1) is 7.02. The van der Waals surface area contributed by atoms with Gasteiger partial charge in [0.25, 0.3) is 0 Å². The quantitative estimate of drug-likeness (QED) is 0.815. The fraction of sp³-hybridized carbons (Fsp3) is 0.400. The molecular formula is C10H10BrCl2NO. The standard InChI is InChI=1S/C10H10BrCl2NO/c11-5-3-6(12)10(15)7(8(5)13)9(14)4-1-2-4/h3-4,9,15H,1-2,14H2. The summed E-state index contributed by atoms with van der Waals surface area (Å²) in [5.74, 6) is 0.419. The summed E-state index contributed by atoms with van der Waals surface area (Å²) in [7, 11) is 0. The molecule has 5 heteroatoms. The zero-order valence-electron chi connectivity index (χ0n) is 7.80. The second kappa shape index (κ2) is 4.13. The number of halogens is 3. The second-order valence-electron chi connectivity index (χ2n) is 3.78. The third-order valence-corrected chi connectivity index (χ3v) is 4.19. The summed E-state index contributed by atoms with van der Waals surface area (Å²) >= 11 is 15.2. The van der Waals surface area contributed by atoms with Gasteiger partial charge in [0.2, 0.25) is 0 Å². The molecule has 0 amide bonds. The molecular weight excluding hydrogens is 301 g/mol. The molecule has 1 aromatic rings. The van der Waals surface area contributed by atoms with Crippen LogP contribution < -0.4 is 5.73 Å². The maximum Gasteiger partial charge on any atom is 0.140 e. The lowest BCUT2D eigenvalue weighted by atomic mass is 10.0. The highest BCUT2D eigenvalue weighted by Gasteiger charge is 2.33. The van der Waals surface area contributed by atoms with E-state index in [0.29, 0.717) is 21.0 Å². The molecule has 0 heterocycles. The Morgan fingerprint density at radius 2 is 2.07 bits per heavy atom. The third-order valence-electron chi connectivity index (χ3n) is 2.64. The van der Waals surface area contributed by atoms with Gasteiger partial charge in [0.15, 0.2) is 0 Å². The predicted molar refractivity (Wildman–Crippen MR) is 65.5 cm³/mol. The van der Waals surface area contributed by atoms with Gasteiger partial charge in [0.1, 0.15) is 5.75 Å². The summed E-state index contributed by atoms with van der Waals surface area (Å²) in [5.41, 5.74) is 6.57. The van der Waals surface area contributed by atoms with E-state index in [1.54, 1.807) is 6.07 Å². The first kappa shape index (κ1) is 11.5. The molecule has 1 saturated carbocycles. The third kappa shape index (κ3) is 2.11. The molecule has 2 nitrogen and oxygen atoms in total. The molecule has 1 aromatic carbocycles. The number of nitrogens with two attached hydrogens (primary N) is 1. The summed E-state index contributed by atoms with van der Waals surface area (Å²) in [4.78, 5) is 0. The van der Waals surface area contributed by atoms with Crippen molar-refractivity contribution in [3.8, 4) is 5.75 Å². The van der Waals surface area contributed by atoms with Gasteiger partial charge in [-0.2, -0.15) is 0 Å². The lowest BCUT2D eigenvalue weighted by Gasteiger charge is -2.16. The Hall–Kier alpha value is 0.0400. The summed E-state index contributed by atoms with van der Waals surface area (Å²) in [6.45, 7) is 0. The van der Waals surface area contributed by atoms with Gasteiger partial charge in [0, 0.05) is 16.1 Å². The van der Waals surface area contributed by atoms with Gasteiger partial charge in [-0.25, -0.2) is 0 Å². The summed E-state index contributed by atoms with van der Waals surface area (Å²) in [5, 5.41) is 10.6. The summed E-state index contributed by atoms with van der Waals surface area (Å²) in [6.07, 6.45) is 2.17. The van der Waals surface area contributed by atoms with E-state index >= 15 is 0 Å². The number of aromatic hydroxyl groups is 1. The van der Waals surface area contributed by atoms with Crippen LogP contribution in [-0.4, -0.2) is 5.11 Å². The largest absolute Gasteiger partial charge is 0.506 e. The molecule has 0 aliphatic heterocycles. The van der Waals surface area contributed by atoms with Crippen LogP contribution in [0.25, 0.3) is 0 Å². The molecule has 0 radical (unpaired) electrons. The Morgan fingerprint density at radius 3 is 2.60 bits per heavy atom.